The minimum absolute atomic E-state index is 0.189. The average molecular weight is 205 g/mol. The average Bonchev–Trinajstić information content (AvgIpc) is 2.16. The Labute approximate surface area is 93.7 Å². The Morgan fingerprint density at radius 2 is 1.67 bits per heavy atom. The maximum Gasteiger partial charge on any atom is 0.0117 e. The van der Waals surface area contributed by atoms with E-state index in [0.717, 1.165) is 6.42 Å². The van der Waals surface area contributed by atoms with Gasteiger partial charge in [-0.15, -0.1) is 0 Å². The zero-order chi connectivity index (χ0) is 11.5. The molecule has 2 atom stereocenters. The van der Waals surface area contributed by atoms with E-state index in [1.165, 1.54) is 5.56 Å². The molecule has 0 aliphatic heterocycles. The Hall–Kier alpha value is -0.820. The fraction of sp³-hybridized carbons (Fsp3) is 0.571. The van der Waals surface area contributed by atoms with E-state index in [0.29, 0.717) is 5.92 Å². The Kier molecular flexibility index (Phi) is 3.92. The van der Waals surface area contributed by atoms with Gasteiger partial charge in [-0.2, -0.15) is 0 Å². The SMILES string of the molecule is C[C@H](Cc1ccccc1)[C@H](N)C(C)(C)C. The van der Waals surface area contributed by atoms with Gasteiger partial charge in [-0.1, -0.05) is 58.0 Å². The zero-order valence-corrected chi connectivity index (χ0v) is 10.3. The highest BCUT2D eigenvalue weighted by Crippen LogP contribution is 2.25. The zero-order valence-electron chi connectivity index (χ0n) is 10.3. The van der Waals surface area contributed by atoms with Crippen molar-refractivity contribution in [2.24, 2.45) is 17.1 Å². The monoisotopic (exact) mass is 205 g/mol. The van der Waals surface area contributed by atoms with Crippen molar-refractivity contribution in [2.45, 2.75) is 40.2 Å². The number of nitrogens with two attached hydrogens (primary N) is 1. The summed E-state index contributed by atoms with van der Waals surface area (Å²) in [5.41, 5.74) is 7.81. The summed E-state index contributed by atoms with van der Waals surface area (Å²) in [6.45, 7) is 8.86. The lowest BCUT2D eigenvalue weighted by Crippen LogP contribution is -2.41. The normalized spacial score (nSPS) is 16.1. The Balaban J connectivity index is 2.60. The molecule has 0 bridgehead atoms. The van der Waals surface area contributed by atoms with Crippen LogP contribution in [0.2, 0.25) is 0 Å². The molecule has 0 amide bonds. The van der Waals surface area contributed by atoms with Crippen LogP contribution >= 0.6 is 0 Å². The molecule has 0 saturated carbocycles. The molecule has 1 heteroatoms. The lowest BCUT2D eigenvalue weighted by Gasteiger charge is -2.32. The third-order valence-electron chi connectivity index (χ3n) is 3.01. The molecule has 0 saturated heterocycles. The second kappa shape index (κ2) is 4.80. The van der Waals surface area contributed by atoms with Gasteiger partial charge < -0.3 is 5.73 Å². The van der Waals surface area contributed by atoms with Crippen LogP contribution in [0.1, 0.15) is 33.3 Å². The van der Waals surface area contributed by atoms with Crippen LogP contribution in [0.5, 0.6) is 0 Å². The molecule has 1 nitrogen and oxygen atoms in total. The van der Waals surface area contributed by atoms with E-state index in [1.54, 1.807) is 0 Å². The maximum absolute atomic E-state index is 6.24. The molecule has 1 rings (SSSR count). The number of hydrogen-bond acceptors (Lipinski definition) is 1. The van der Waals surface area contributed by atoms with Crippen molar-refractivity contribution in [1.82, 2.24) is 0 Å². The van der Waals surface area contributed by atoms with Crippen LogP contribution in [0.4, 0.5) is 0 Å². The van der Waals surface area contributed by atoms with Gasteiger partial charge in [0.1, 0.15) is 0 Å². The highest BCUT2D eigenvalue weighted by atomic mass is 14.7. The van der Waals surface area contributed by atoms with Crippen molar-refractivity contribution in [3.05, 3.63) is 35.9 Å². The third-order valence-corrected chi connectivity index (χ3v) is 3.01. The molecule has 0 aromatic heterocycles. The van der Waals surface area contributed by atoms with Gasteiger partial charge in [-0.25, -0.2) is 0 Å². The summed E-state index contributed by atoms with van der Waals surface area (Å²) >= 11 is 0. The topological polar surface area (TPSA) is 26.0 Å². The van der Waals surface area contributed by atoms with Crippen molar-refractivity contribution in [3.8, 4) is 0 Å². The summed E-state index contributed by atoms with van der Waals surface area (Å²) in [6.07, 6.45) is 1.07. The molecule has 2 N–H and O–H groups in total. The summed E-state index contributed by atoms with van der Waals surface area (Å²) in [5.74, 6) is 0.521. The molecular formula is C14H23N. The van der Waals surface area contributed by atoms with E-state index in [9.17, 15) is 0 Å². The smallest absolute Gasteiger partial charge is 0.0117 e. The van der Waals surface area contributed by atoms with Crippen LogP contribution in [-0.2, 0) is 6.42 Å². The summed E-state index contributed by atoms with van der Waals surface area (Å²) in [4.78, 5) is 0. The van der Waals surface area contributed by atoms with Gasteiger partial charge in [0.25, 0.3) is 0 Å². The fourth-order valence-electron chi connectivity index (χ4n) is 1.97. The van der Waals surface area contributed by atoms with Gasteiger partial charge in [0.05, 0.1) is 0 Å². The van der Waals surface area contributed by atoms with Crippen LogP contribution < -0.4 is 5.73 Å². The van der Waals surface area contributed by atoms with Crippen molar-refractivity contribution >= 4 is 0 Å². The molecule has 84 valence electrons. The van der Waals surface area contributed by atoms with Gasteiger partial charge in [0.15, 0.2) is 0 Å². The van der Waals surface area contributed by atoms with Gasteiger partial charge in [0, 0.05) is 6.04 Å². The Morgan fingerprint density at radius 1 is 1.13 bits per heavy atom. The van der Waals surface area contributed by atoms with Crippen LogP contribution in [0.3, 0.4) is 0 Å². The molecule has 0 radical (unpaired) electrons. The predicted molar refractivity (Wildman–Crippen MR) is 66.7 cm³/mol. The van der Waals surface area contributed by atoms with Gasteiger partial charge >= 0.3 is 0 Å². The Morgan fingerprint density at radius 3 is 2.13 bits per heavy atom. The predicted octanol–water partition coefficient (Wildman–Crippen LogP) is 3.24. The van der Waals surface area contributed by atoms with Crippen molar-refractivity contribution in [2.75, 3.05) is 0 Å². The molecule has 0 aliphatic rings. The quantitative estimate of drug-likeness (QED) is 0.805. The number of rotatable bonds is 3. The van der Waals surface area contributed by atoms with Crippen molar-refractivity contribution in [3.63, 3.8) is 0 Å². The molecule has 0 unspecified atom stereocenters. The first-order valence-electron chi connectivity index (χ1n) is 5.71. The van der Waals surface area contributed by atoms with Crippen LogP contribution in [0.15, 0.2) is 30.3 Å². The molecule has 1 aromatic carbocycles. The molecule has 0 spiro atoms. The molecule has 0 heterocycles. The largest absolute Gasteiger partial charge is 0.327 e. The second-order valence-corrected chi connectivity index (χ2v) is 5.56. The van der Waals surface area contributed by atoms with E-state index in [4.69, 9.17) is 5.73 Å². The van der Waals surface area contributed by atoms with E-state index in [2.05, 4.69) is 58.0 Å². The minimum atomic E-state index is 0.189. The second-order valence-electron chi connectivity index (χ2n) is 5.56. The third kappa shape index (κ3) is 3.67. The lowest BCUT2D eigenvalue weighted by atomic mass is 9.78. The van der Waals surface area contributed by atoms with Crippen LogP contribution in [0, 0.1) is 11.3 Å². The molecule has 0 aliphatic carbocycles. The van der Waals surface area contributed by atoms with E-state index in [-0.39, 0.29) is 11.5 Å². The van der Waals surface area contributed by atoms with Crippen molar-refractivity contribution in [1.29, 1.82) is 0 Å². The van der Waals surface area contributed by atoms with E-state index in [1.807, 2.05) is 0 Å². The number of benzene rings is 1. The van der Waals surface area contributed by atoms with Crippen molar-refractivity contribution < 1.29 is 0 Å². The summed E-state index contributed by atoms with van der Waals surface area (Å²) < 4.78 is 0. The lowest BCUT2D eigenvalue weighted by molar-refractivity contribution is 0.247. The summed E-state index contributed by atoms with van der Waals surface area (Å²) in [7, 11) is 0. The molecule has 1 aromatic rings. The van der Waals surface area contributed by atoms with E-state index >= 15 is 0 Å². The number of hydrogen-bond donors (Lipinski definition) is 1. The Bertz CT molecular complexity index is 284. The summed E-state index contributed by atoms with van der Waals surface area (Å²) in [6, 6.07) is 10.8. The highest BCUT2D eigenvalue weighted by Gasteiger charge is 2.25. The molecule has 15 heavy (non-hydrogen) atoms. The van der Waals surface area contributed by atoms with Gasteiger partial charge in [-0.3, -0.25) is 0 Å². The fourth-order valence-corrected chi connectivity index (χ4v) is 1.97. The first-order valence-corrected chi connectivity index (χ1v) is 5.71. The highest BCUT2D eigenvalue weighted by molar-refractivity contribution is 5.15. The molecule has 0 fully saturated rings. The maximum atomic E-state index is 6.24. The minimum Gasteiger partial charge on any atom is -0.327 e. The van der Waals surface area contributed by atoms with Gasteiger partial charge in [0.2, 0.25) is 0 Å². The van der Waals surface area contributed by atoms with E-state index < -0.39 is 0 Å². The first kappa shape index (κ1) is 12.3. The first-order chi connectivity index (χ1) is 6.91. The van der Waals surface area contributed by atoms with Crippen LogP contribution in [0.25, 0.3) is 0 Å². The van der Waals surface area contributed by atoms with Crippen LogP contribution in [-0.4, -0.2) is 6.04 Å². The standard InChI is InChI=1S/C14H23N/c1-11(13(15)14(2,3)4)10-12-8-6-5-7-9-12/h5-9,11,13H,10,15H2,1-4H3/t11-,13+/m1/s1. The summed E-state index contributed by atoms with van der Waals surface area (Å²) in [5, 5.41) is 0. The van der Waals surface area contributed by atoms with Gasteiger partial charge in [-0.05, 0) is 23.3 Å². The molecular weight excluding hydrogens is 182 g/mol.